The molecular formula is C28H13F13. The van der Waals surface area contributed by atoms with E-state index in [4.69, 9.17) is 0 Å². The third-order valence-corrected chi connectivity index (χ3v) is 6.93. The minimum atomic E-state index is -7.98. The minimum Gasteiger partial charge on any atom is -0.194 e. The van der Waals surface area contributed by atoms with E-state index < -0.39 is 52.1 Å². The molecule has 5 rings (SSSR count). The van der Waals surface area contributed by atoms with Gasteiger partial charge in [0.25, 0.3) is 0 Å². The molecule has 0 unspecified atom stereocenters. The van der Waals surface area contributed by atoms with Gasteiger partial charge in [0.15, 0.2) is 0 Å². The second-order valence-corrected chi connectivity index (χ2v) is 9.46. The standard InChI is InChI=1S/C28H13F13/c29-23(30,24(31,32)25(33,34)26(35,36)27(37,38)28(39,40)41)22-20-12-16-7-3-1-5-14(16)9-18(20)11-19-10-15-6-2-4-8-17(15)13-21(19)22/h1-13H. The van der Waals surface area contributed by atoms with Gasteiger partial charge in [0.05, 0.1) is 0 Å². The zero-order valence-electron chi connectivity index (χ0n) is 19.9. The van der Waals surface area contributed by atoms with E-state index in [9.17, 15) is 39.5 Å². The summed E-state index contributed by atoms with van der Waals surface area (Å²) in [5, 5.41) is -1.15. The molecule has 0 bridgehead atoms. The van der Waals surface area contributed by atoms with Gasteiger partial charge in [-0.1, -0.05) is 48.5 Å². The van der Waals surface area contributed by atoms with Gasteiger partial charge in [-0.2, -0.15) is 57.1 Å². The molecule has 0 nitrogen and oxygen atoms in total. The molecule has 0 N–H and O–H groups in total. The average molecular weight is 596 g/mol. The SMILES string of the molecule is FC(F)(F)C(F)(F)C(F)(F)C(F)(F)C(F)(F)C(F)(F)c1c2cc3ccccc3cc2cc2cc3ccccc3cc12. The highest BCUT2D eigenvalue weighted by molar-refractivity contribution is 6.11. The van der Waals surface area contributed by atoms with Gasteiger partial charge < -0.3 is 0 Å². The predicted molar refractivity (Wildman–Crippen MR) is 126 cm³/mol. The second-order valence-electron chi connectivity index (χ2n) is 9.46. The van der Waals surface area contributed by atoms with Crippen molar-refractivity contribution in [2.24, 2.45) is 0 Å². The Hall–Kier alpha value is -3.77. The van der Waals surface area contributed by atoms with Crippen LogP contribution in [-0.4, -0.2) is 29.9 Å². The number of fused-ring (bicyclic) bond motifs is 4. The predicted octanol–water partition coefficient (Wildman–Crippen LogP) is 10.5. The molecule has 0 aliphatic rings. The Balaban J connectivity index is 1.88. The summed E-state index contributed by atoms with van der Waals surface area (Å²) in [6, 6.07) is 17.1. The molecule has 0 aliphatic heterocycles. The maximum absolute atomic E-state index is 15.8. The Morgan fingerprint density at radius 1 is 0.341 bits per heavy atom. The first kappa shape index (κ1) is 28.7. The fourth-order valence-corrected chi connectivity index (χ4v) is 4.77. The molecule has 13 heteroatoms. The lowest BCUT2D eigenvalue weighted by Gasteiger charge is -2.40. The third kappa shape index (κ3) is 3.83. The van der Waals surface area contributed by atoms with Crippen molar-refractivity contribution in [3.63, 3.8) is 0 Å². The van der Waals surface area contributed by atoms with Gasteiger partial charge in [0.2, 0.25) is 0 Å². The summed E-state index contributed by atoms with van der Waals surface area (Å²) in [4.78, 5) is 0. The summed E-state index contributed by atoms with van der Waals surface area (Å²) >= 11 is 0. The summed E-state index contributed by atoms with van der Waals surface area (Å²) < 4.78 is 184. The van der Waals surface area contributed by atoms with Crippen LogP contribution >= 0.6 is 0 Å². The van der Waals surface area contributed by atoms with E-state index in [0.29, 0.717) is 10.8 Å². The molecule has 5 aromatic carbocycles. The van der Waals surface area contributed by atoms with E-state index in [0.717, 1.165) is 12.1 Å². The Morgan fingerprint density at radius 3 is 1.02 bits per heavy atom. The highest BCUT2D eigenvalue weighted by atomic mass is 19.4. The maximum atomic E-state index is 15.8. The molecule has 0 radical (unpaired) electrons. The molecule has 0 saturated heterocycles. The molecule has 0 amide bonds. The largest absolute Gasteiger partial charge is 0.460 e. The van der Waals surface area contributed by atoms with E-state index in [1.165, 1.54) is 66.7 Å². The normalized spacial score (nSPS) is 14.5. The first-order valence-electron chi connectivity index (χ1n) is 11.5. The molecule has 0 fully saturated rings. The van der Waals surface area contributed by atoms with Crippen molar-refractivity contribution in [1.82, 2.24) is 0 Å². The number of hydrogen-bond donors (Lipinski definition) is 0. The molecule has 0 saturated carbocycles. The van der Waals surface area contributed by atoms with Crippen molar-refractivity contribution in [1.29, 1.82) is 0 Å². The molecule has 0 aliphatic carbocycles. The van der Waals surface area contributed by atoms with Crippen molar-refractivity contribution < 1.29 is 57.1 Å². The summed E-state index contributed by atoms with van der Waals surface area (Å²) in [6.45, 7) is 0. The fraction of sp³-hybridized carbons (Fsp3) is 0.214. The quantitative estimate of drug-likeness (QED) is 0.140. The Bertz CT molecular complexity index is 1720. The topological polar surface area (TPSA) is 0 Å². The molecule has 5 aromatic rings. The van der Waals surface area contributed by atoms with Crippen LogP contribution in [0.25, 0.3) is 43.1 Å². The van der Waals surface area contributed by atoms with Crippen LogP contribution in [0.1, 0.15) is 5.56 Å². The average Bonchev–Trinajstić information content (AvgIpc) is 2.88. The van der Waals surface area contributed by atoms with Gasteiger partial charge in [-0.3, -0.25) is 0 Å². The highest BCUT2D eigenvalue weighted by Crippen LogP contribution is 2.63. The maximum Gasteiger partial charge on any atom is 0.460 e. The highest BCUT2D eigenvalue weighted by Gasteiger charge is 2.91. The van der Waals surface area contributed by atoms with E-state index in [1.54, 1.807) is 0 Å². The zero-order chi connectivity index (χ0) is 30.4. The van der Waals surface area contributed by atoms with Crippen molar-refractivity contribution in [3.8, 4) is 0 Å². The van der Waals surface area contributed by atoms with Crippen molar-refractivity contribution in [2.75, 3.05) is 0 Å². The van der Waals surface area contributed by atoms with Crippen molar-refractivity contribution in [2.45, 2.75) is 35.8 Å². The number of alkyl halides is 13. The number of benzene rings is 5. The fourth-order valence-electron chi connectivity index (χ4n) is 4.77. The molecule has 216 valence electrons. The lowest BCUT2D eigenvalue weighted by atomic mass is 9.84. The van der Waals surface area contributed by atoms with Gasteiger partial charge in [0.1, 0.15) is 0 Å². The third-order valence-electron chi connectivity index (χ3n) is 6.93. The monoisotopic (exact) mass is 596 g/mol. The van der Waals surface area contributed by atoms with E-state index in [1.807, 2.05) is 0 Å². The van der Waals surface area contributed by atoms with Crippen LogP contribution in [-0.2, 0) is 5.92 Å². The van der Waals surface area contributed by atoms with Crippen molar-refractivity contribution >= 4 is 43.1 Å². The van der Waals surface area contributed by atoms with Crippen LogP contribution in [0.3, 0.4) is 0 Å². The number of rotatable bonds is 5. The Morgan fingerprint density at radius 2 is 0.659 bits per heavy atom. The molecular weight excluding hydrogens is 583 g/mol. The first-order valence-corrected chi connectivity index (χ1v) is 11.5. The van der Waals surface area contributed by atoms with E-state index in [2.05, 4.69) is 0 Å². The summed E-state index contributed by atoms with van der Waals surface area (Å²) in [5.74, 6) is -37.5. The van der Waals surface area contributed by atoms with Crippen LogP contribution in [0, 0.1) is 0 Å². The molecule has 0 heterocycles. The Labute approximate surface area is 220 Å². The zero-order valence-corrected chi connectivity index (χ0v) is 19.9. The molecule has 0 aromatic heterocycles. The molecule has 0 spiro atoms. The lowest BCUT2D eigenvalue weighted by Crippen LogP contribution is -2.69. The second kappa shape index (κ2) is 8.62. The van der Waals surface area contributed by atoms with Gasteiger partial charge in [-0.05, 0) is 73.4 Å². The summed E-state index contributed by atoms with van der Waals surface area (Å²) in [5.41, 5.74) is -1.95. The van der Waals surface area contributed by atoms with Crippen LogP contribution < -0.4 is 0 Å². The molecule has 0 atom stereocenters. The smallest absolute Gasteiger partial charge is 0.194 e. The number of halogens is 13. The number of hydrogen-bond acceptors (Lipinski definition) is 0. The summed E-state index contributed by atoms with van der Waals surface area (Å²) in [6.07, 6.45) is -7.48. The first-order chi connectivity index (χ1) is 18.8. The van der Waals surface area contributed by atoms with Crippen LogP contribution in [0.15, 0.2) is 78.9 Å². The van der Waals surface area contributed by atoms with Crippen LogP contribution in [0.5, 0.6) is 0 Å². The molecule has 41 heavy (non-hydrogen) atoms. The lowest BCUT2D eigenvalue weighted by molar-refractivity contribution is -0.441. The summed E-state index contributed by atoms with van der Waals surface area (Å²) in [7, 11) is 0. The van der Waals surface area contributed by atoms with Gasteiger partial charge in [0, 0.05) is 5.56 Å². The Kier molecular flexibility index (Phi) is 6.04. The van der Waals surface area contributed by atoms with E-state index in [-0.39, 0.29) is 21.5 Å². The van der Waals surface area contributed by atoms with Gasteiger partial charge in [-0.15, -0.1) is 0 Å². The van der Waals surface area contributed by atoms with Crippen LogP contribution in [0.2, 0.25) is 0 Å². The van der Waals surface area contributed by atoms with Gasteiger partial charge >= 0.3 is 35.8 Å². The van der Waals surface area contributed by atoms with Crippen LogP contribution in [0.4, 0.5) is 57.1 Å². The van der Waals surface area contributed by atoms with E-state index >= 15 is 17.6 Å². The minimum absolute atomic E-state index is 0.126. The van der Waals surface area contributed by atoms with Crippen molar-refractivity contribution in [3.05, 3.63) is 84.4 Å². The van der Waals surface area contributed by atoms with Gasteiger partial charge in [-0.25, -0.2) is 0 Å².